The maximum atomic E-state index is 13.3. The van der Waals surface area contributed by atoms with E-state index >= 15 is 0 Å². The second-order valence-corrected chi connectivity index (χ2v) is 7.30. The molecule has 2 aliphatic rings. The summed E-state index contributed by atoms with van der Waals surface area (Å²) < 4.78 is 13.3. The summed E-state index contributed by atoms with van der Waals surface area (Å²) in [7, 11) is 0. The molecule has 1 aromatic heterocycles. The number of benzene rings is 1. The number of carbonyl (C=O) groups is 1. The second kappa shape index (κ2) is 6.56. The van der Waals surface area contributed by atoms with E-state index in [1.54, 1.807) is 36.7 Å². The molecule has 1 amide bonds. The van der Waals surface area contributed by atoms with Gasteiger partial charge < -0.3 is 4.90 Å². The molecule has 2 aliphatic heterocycles. The molecule has 1 aromatic carbocycles. The standard InChI is InChI=1S/C20H22FN3O/c21-18-3-1-2-16(12-18)13-23-10-6-20(7-11-23)14-24(15-20)19(25)17-4-8-22-9-5-17/h1-5,8-9,12H,6-7,10-11,13-15H2. The fourth-order valence-electron chi connectivity index (χ4n) is 3.98. The number of amides is 1. The zero-order chi connectivity index (χ0) is 17.3. The zero-order valence-electron chi connectivity index (χ0n) is 14.2. The Balaban J connectivity index is 1.29. The quantitative estimate of drug-likeness (QED) is 0.863. The molecule has 0 N–H and O–H groups in total. The van der Waals surface area contributed by atoms with Gasteiger partial charge in [0.05, 0.1) is 0 Å². The molecule has 4 nitrogen and oxygen atoms in total. The van der Waals surface area contributed by atoms with Crippen molar-refractivity contribution in [3.8, 4) is 0 Å². The third-order valence-electron chi connectivity index (χ3n) is 5.48. The monoisotopic (exact) mass is 339 g/mol. The van der Waals surface area contributed by atoms with Crippen LogP contribution in [0.2, 0.25) is 0 Å². The number of pyridine rings is 1. The van der Waals surface area contributed by atoms with E-state index in [-0.39, 0.29) is 17.1 Å². The van der Waals surface area contributed by atoms with Gasteiger partial charge in [0, 0.05) is 43.0 Å². The van der Waals surface area contributed by atoms with E-state index in [2.05, 4.69) is 9.88 Å². The molecule has 0 aliphatic carbocycles. The fraction of sp³-hybridized carbons (Fsp3) is 0.400. The summed E-state index contributed by atoms with van der Waals surface area (Å²) in [6, 6.07) is 10.4. The smallest absolute Gasteiger partial charge is 0.254 e. The molecular formula is C20H22FN3O. The third-order valence-corrected chi connectivity index (χ3v) is 5.48. The first-order valence-electron chi connectivity index (χ1n) is 8.80. The molecule has 3 heterocycles. The highest BCUT2D eigenvalue weighted by Gasteiger charge is 2.46. The fourth-order valence-corrected chi connectivity index (χ4v) is 3.98. The van der Waals surface area contributed by atoms with E-state index in [4.69, 9.17) is 0 Å². The van der Waals surface area contributed by atoms with Crippen LogP contribution in [0, 0.1) is 11.2 Å². The van der Waals surface area contributed by atoms with Crippen LogP contribution in [0.5, 0.6) is 0 Å². The van der Waals surface area contributed by atoms with Gasteiger partial charge in [0.2, 0.25) is 0 Å². The predicted molar refractivity (Wildman–Crippen MR) is 93.5 cm³/mol. The van der Waals surface area contributed by atoms with Gasteiger partial charge in [-0.1, -0.05) is 12.1 Å². The van der Waals surface area contributed by atoms with Crippen LogP contribution in [0.15, 0.2) is 48.8 Å². The van der Waals surface area contributed by atoms with Crippen molar-refractivity contribution in [1.29, 1.82) is 0 Å². The van der Waals surface area contributed by atoms with Gasteiger partial charge in [-0.15, -0.1) is 0 Å². The summed E-state index contributed by atoms with van der Waals surface area (Å²) in [5, 5.41) is 0. The Kier molecular flexibility index (Phi) is 4.25. The lowest BCUT2D eigenvalue weighted by atomic mass is 9.71. The molecule has 0 bridgehead atoms. The third kappa shape index (κ3) is 3.42. The normalized spacial score (nSPS) is 19.6. The van der Waals surface area contributed by atoms with Crippen molar-refractivity contribution in [3.05, 3.63) is 65.7 Å². The Morgan fingerprint density at radius 3 is 2.52 bits per heavy atom. The maximum absolute atomic E-state index is 13.3. The maximum Gasteiger partial charge on any atom is 0.254 e. The second-order valence-electron chi connectivity index (χ2n) is 7.30. The van der Waals surface area contributed by atoms with E-state index in [0.717, 1.165) is 51.1 Å². The number of piperidine rings is 1. The van der Waals surface area contributed by atoms with Crippen molar-refractivity contribution in [3.63, 3.8) is 0 Å². The van der Waals surface area contributed by atoms with Crippen LogP contribution in [0.4, 0.5) is 4.39 Å². The number of halogens is 1. The van der Waals surface area contributed by atoms with Crippen molar-refractivity contribution in [2.75, 3.05) is 26.2 Å². The number of aromatic nitrogens is 1. The van der Waals surface area contributed by atoms with E-state index in [9.17, 15) is 9.18 Å². The highest BCUT2D eigenvalue weighted by Crippen LogP contribution is 2.41. The minimum Gasteiger partial charge on any atom is -0.337 e. The largest absolute Gasteiger partial charge is 0.337 e. The van der Waals surface area contributed by atoms with Gasteiger partial charge in [-0.2, -0.15) is 0 Å². The number of hydrogen-bond acceptors (Lipinski definition) is 3. The van der Waals surface area contributed by atoms with Crippen LogP contribution < -0.4 is 0 Å². The molecule has 130 valence electrons. The number of likely N-dealkylation sites (tertiary alicyclic amines) is 2. The molecule has 2 saturated heterocycles. The number of nitrogens with zero attached hydrogens (tertiary/aromatic N) is 3. The van der Waals surface area contributed by atoms with Gasteiger partial charge in [0.25, 0.3) is 5.91 Å². The summed E-state index contributed by atoms with van der Waals surface area (Å²) in [4.78, 5) is 20.7. The molecule has 0 atom stereocenters. The van der Waals surface area contributed by atoms with Crippen molar-refractivity contribution >= 4 is 5.91 Å². The molecule has 0 radical (unpaired) electrons. The lowest BCUT2D eigenvalue weighted by molar-refractivity contribution is -0.0336. The van der Waals surface area contributed by atoms with Crippen molar-refractivity contribution in [1.82, 2.24) is 14.8 Å². The van der Waals surface area contributed by atoms with Gasteiger partial charge in [-0.05, 0) is 55.8 Å². The van der Waals surface area contributed by atoms with Crippen molar-refractivity contribution in [2.24, 2.45) is 5.41 Å². The highest BCUT2D eigenvalue weighted by molar-refractivity contribution is 5.94. The van der Waals surface area contributed by atoms with E-state index in [0.29, 0.717) is 5.56 Å². The summed E-state index contributed by atoms with van der Waals surface area (Å²) >= 11 is 0. The summed E-state index contributed by atoms with van der Waals surface area (Å²) in [5.41, 5.74) is 2.02. The molecule has 2 aromatic rings. The molecule has 1 spiro atoms. The van der Waals surface area contributed by atoms with Crippen molar-refractivity contribution in [2.45, 2.75) is 19.4 Å². The number of hydrogen-bond donors (Lipinski definition) is 0. The predicted octanol–water partition coefficient (Wildman–Crippen LogP) is 2.96. The molecule has 0 saturated carbocycles. The first-order chi connectivity index (χ1) is 12.1. The van der Waals surface area contributed by atoms with E-state index in [1.807, 2.05) is 11.0 Å². The summed E-state index contributed by atoms with van der Waals surface area (Å²) in [6.07, 6.45) is 5.52. The molecule has 25 heavy (non-hydrogen) atoms. The minimum atomic E-state index is -0.171. The van der Waals surface area contributed by atoms with E-state index in [1.165, 1.54) is 6.07 Å². The van der Waals surface area contributed by atoms with Gasteiger partial charge in [-0.3, -0.25) is 14.7 Å². The van der Waals surface area contributed by atoms with E-state index < -0.39 is 0 Å². The summed E-state index contributed by atoms with van der Waals surface area (Å²) in [6.45, 7) is 4.51. The van der Waals surface area contributed by atoms with Crippen molar-refractivity contribution < 1.29 is 9.18 Å². The Morgan fingerprint density at radius 2 is 1.84 bits per heavy atom. The van der Waals surface area contributed by atoms with Crippen LogP contribution in [0.1, 0.15) is 28.8 Å². The average Bonchev–Trinajstić information content (AvgIpc) is 2.61. The van der Waals surface area contributed by atoms with Crippen LogP contribution in [0.25, 0.3) is 0 Å². The Bertz CT molecular complexity index is 749. The van der Waals surface area contributed by atoms with Gasteiger partial charge in [0.1, 0.15) is 5.82 Å². The Labute approximate surface area is 147 Å². The molecule has 0 unspecified atom stereocenters. The average molecular weight is 339 g/mol. The van der Waals surface area contributed by atoms with Gasteiger partial charge in [0.15, 0.2) is 0 Å². The first-order valence-corrected chi connectivity index (χ1v) is 8.80. The topological polar surface area (TPSA) is 36.4 Å². The SMILES string of the molecule is O=C(c1ccncc1)N1CC2(CCN(Cc3cccc(F)c3)CC2)C1. The molecule has 2 fully saturated rings. The number of rotatable bonds is 3. The zero-order valence-corrected chi connectivity index (χ0v) is 14.2. The summed E-state index contributed by atoms with van der Waals surface area (Å²) in [5.74, 6) is -0.0644. The first kappa shape index (κ1) is 16.2. The Morgan fingerprint density at radius 1 is 1.12 bits per heavy atom. The Hall–Kier alpha value is -2.27. The highest BCUT2D eigenvalue weighted by atomic mass is 19.1. The number of carbonyl (C=O) groups excluding carboxylic acids is 1. The minimum absolute atomic E-state index is 0.107. The lowest BCUT2D eigenvalue weighted by Gasteiger charge is -2.54. The molecule has 5 heteroatoms. The van der Waals surface area contributed by atoms with Crippen LogP contribution in [-0.4, -0.2) is 46.9 Å². The van der Waals surface area contributed by atoms with Crippen LogP contribution >= 0.6 is 0 Å². The van der Waals surface area contributed by atoms with Gasteiger partial charge >= 0.3 is 0 Å². The lowest BCUT2D eigenvalue weighted by Crippen LogP contribution is -2.61. The molecule has 4 rings (SSSR count). The molecular weight excluding hydrogens is 317 g/mol. The van der Waals surface area contributed by atoms with Crippen LogP contribution in [0.3, 0.4) is 0 Å². The van der Waals surface area contributed by atoms with Gasteiger partial charge in [-0.25, -0.2) is 4.39 Å². The van der Waals surface area contributed by atoms with Crippen LogP contribution in [-0.2, 0) is 6.54 Å².